The molecule has 0 spiro atoms. The molecule has 0 aliphatic heterocycles. The normalized spacial score (nSPS) is 11.7. The zero-order valence-corrected chi connectivity index (χ0v) is 14.6. The average molecular weight is 351 g/mol. The van der Waals surface area contributed by atoms with Crippen LogP contribution in [0, 0.1) is 0 Å². The summed E-state index contributed by atoms with van der Waals surface area (Å²) < 4.78 is 3.88. The maximum atomic E-state index is 4.41. The van der Waals surface area contributed by atoms with Crippen LogP contribution in [-0.4, -0.2) is 25.7 Å². The van der Waals surface area contributed by atoms with Crippen LogP contribution in [0.4, 0.5) is 0 Å². The Morgan fingerprint density at radius 1 is 0.815 bits per heavy atom. The van der Waals surface area contributed by atoms with E-state index in [1.165, 1.54) is 27.2 Å². The van der Waals surface area contributed by atoms with E-state index in [9.17, 15) is 0 Å². The van der Waals surface area contributed by atoms with Crippen LogP contribution in [0.1, 0.15) is 11.1 Å². The molecule has 27 heavy (non-hydrogen) atoms. The molecule has 0 amide bonds. The first-order valence-electron chi connectivity index (χ1n) is 8.82. The van der Waals surface area contributed by atoms with Gasteiger partial charge in [-0.15, -0.1) is 10.2 Å². The molecule has 130 valence electrons. The molecule has 0 N–H and O–H groups in total. The number of benzene rings is 3. The van der Waals surface area contributed by atoms with Gasteiger partial charge in [-0.3, -0.25) is 0 Å². The molecule has 0 aliphatic rings. The van der Waals surface area contributed by atoms with Crippen LogP contribution >= 0.6 is 0 Å². The summed E-state index contributed by atoms with van der Waals surface area (Å²) in [7, 11) is 0. The van der Waals surface area contributed by atoms with E-state index in [-0.39, 0.29) is 0 Å². The van der Waals surface area contributed by atoms with Crippen LogP contribution < -0.4 is 0 Å². The van der Waals surface area contributed by atoms with Crippen molar-refractivity contribution in [2.24, 2.45) is 5.10 Å². The van der Waals surface area contributed by atoms with Gasteiger partial charge in [-0.2, -0.15) is 5.10 Å². The van der Waals surface area contributed by atoms with Gasteiger partial charge in [0, 0.05) is 29.2 Å². The molecule has 3 aromatic carbocycles. The smallest absolute Gasteiger partial charge is 0.141 e. The largest absolute Gasteiger partial charge is 0.342 e. The van der Waals surface area contributed by atoms with Crippen molar-refractivity contribution < 1.29 is 0 Å². The third kappa shape index (κ3) is 2.89. The van der Waals surface area contributed by atoms with E-state index in [0.29, 0.717) is 0 Å². The molecule has 2 aromatic heterocycles. The number of hydrogen-bond acceptors (Lipinski definition) is 3. The second-order valence-corrected chi connectivity index (χ2v) is 6.45. The summed E-state index contributed by atoms with van der Waals surface area (Å²) in [5.74, 6) is 0. The minimum Gasteiger partial charge on any atom is -0.342 e. The van der Waals surface area contributed by atoms with E-state index < -0.39 is 0 Å². The van der Waals surface area contributed by atoms with Crippen molar-refractivity contribution in [3.05, 3.63) is 96.7 Å². The third-order valence-corrected chi connectivity index (χ3v) is 4.78. The first-order chi connectivity index (χ1) is 13.4. The molecule has 0 bridgehead atoms. The lowest BCUT2D eigenvalue weighted by molar-refractivity contribution is 0.841. The molecule has 0 saturated carbocycles. The van der Waals surface area contributed by atoms with E-state index in [2.05, 4.69) is 92.8 Å². The van der Waals surface area contributed by atoms with Gasteiger partial charge in [0.25, 0.3) is 0 Å². The Balaban J connectivity index is 1.59. The number of fused-ring (bicyclic) bond motifs is 2. The van der Waals surface area contributed by atoms with Gasteiger partial charge < -0.3 is 4.57 Å². The van der Waals surface area contributed by atoms with Crippen LogP contribution in [0.2, 0.25) is 0 Å². The van der Waals surface area contributed by atoms with Crippen molar-refractivity contribution in [2.45, 2.75) is 6.54 Å². The Kier molecular flexibility index (Phi) is 3.76. The topological polar surface area (TPSA) is 48.0 Å². The zero-order chi connectivity index (χ0) is 18.1. The summed E-state index contributed by atoms with van der Waals surface area (Å²) in [6, 6.07) is 23.4. The molecule has 5 heteroatoms. The lowest BCUT2D eigenvalue weighted by Crippen LogP contribution is -1.98. The van der Waals surface area contributed by atoms with Gasteiger partial charge in [-0.1, -0.05) is 60.7 Å². The van der Waals surface area contributed by atoms with Gasteiger partial charge in [0.1, 0.15) is 12.7 Å². The quantitative estimate of drug-likeness (QED) is 0.453. The fourth-order valence-electron chi connectivity index (χ4n) is 3.51. The molecule has 5 aromatic rings. The van der Waals surface area contributed by atoms with Crippen molar-refractivity contribution in [1.29, 1.82) is 0 Å². The highest BCUT2D eigenvalue weighted by atomic mass is 15.4. The Morgan fingerprint density at radius 3 is 2.44 bits per heavy atom. The van der Waals surface area contributed by atoms with E-state index in [0.717, 1.165) is 12.1 Å². The minimum absolute atomic E-state index is 0.808. The van der Waals surface area contributed by atoms with Gasteiger partial charge in [0.15, 0.2) is 0 Å². The molecular weight excluding hydrogens is 334 g/mol. The molecule has 0 radical (unpaired) electrons. The predicted octanol–water partition coefficient (Wildman–Crippen LogP) is 4.32. The highest BCUT2D eigenvalue weighted by Gasteiger charge is 2.08. The number of hydrogen-bond donors (Lipinski definition) is 0. The standard InChI is InChI=1S/C22H17N5/c1-2-9-20-17(6-1)7-5-8-18(20)13-26-14-19(12-25-27-15-23-24-16-27)21-10-3-4-11-22(21)26/h1-12,14-16H,13H2/b25-12-. The van der Waals surface area contributed by atoms with Crippen LogP contribution in [0.25, 0.3) is 21.7 Å². The van der Waals surface area contributed by atoms with E-state index in [4.69, 9.17) is 0 Å². The SMILES string of the molecule is C(=N/n1cnnc1)/c1cn(Cc2cccc3ccccc23)c2ccccc12. The zero-order valence-electron chi connectivity index (χ0n) is 14.6. The van der Waals surface area contributed by atoms with Crippen molar-refractivity contribution >= 4 is 27.9 Å². The van der Waals surface area contributed by atoms with Gasteiger partial charge in [-0.05, 0) is 22.4 Å². The van der Waals surface area contributed by atoms with Crippen LogP contribution in [0.5, 0.6) is 0 Å². The highest BCUT2D eigenvalue weighted by molar-refractivity contribution is 5.99. The fourth-order valence-corrected chi connectivity index (χ4v) is 3.51. The molecule has 5 nitrogen and oxygen atoms in total. The Hall–Kier alpha value is -3.73. The molecule has 0 fully saturated rings. The predicted molar refractivity (Wildman–Crippen MR) is 108 cm³/mol. The monoisotopic (exact) mass is 351 g/mol. The number of aromatic nitrogens is 4. The van der Waals surface area contributed by atoms with E-state index in [1.54, 1.807) is 17.3 Å². The second-order valence-electron chi connectivity index (χ2n) is 6.45. The summed E-state index contributed by atoms with van der Waals surface area (Å²) in [6.07, 6.45) is 7.16. The molecule has 0 atom stereocenters. The lowest BCUT2D eigenvalue weighted by atomic mass is 10.0. The number of para-hydroxylation sites is 1. The Bertz CT molecular complexity index is 1240. The lowest BCUT2D eigenvalue weighted by Gasteiger charge is -2.09. The van der Waals surface area contributed by atoms with Crippen LogP contribution in [0.15, 0.2) is 90.7 Å². The minimum atomic E-state index is 0.808. The molecule has 0 saturated heterocycles. The van der Waals surface area contributed by atoms with E-state index in [1.807, 2.05) is 6.21 Å². The van der Waals surface area contributed by atoms with Crippen LogP contribution in [0.3, 0.4) is 0 Å². The first kappa shape index (κ1) is 15.5. The highest BCUT2D eigenvalue weighted by Crippen LogP contribution is 2.24. The first-order valence-corrected chi connectivity index (χ1v) is 8.82. The maximum Gasteiger partial charge on any atom is 0.141 e. The van der Waals surface area contributed by atoms with Crippen molar-refractivity contribution in [3.63, 3.8) is 0 Å². The van der Waals surface area contributed by atoms with Crippen molar-refractivity contribution in [1.82, 2.24) is 19.4 Å². The molecule has 0 aliphatic carbocycles. The molecule has 5 rings (SSSR count). The third-order valence-electron chi connectivity index (χ3n) is 4.78. The summed E-state index contributed by atoms with van der Waals surface area (Å²) in [5, 5.41) is 15.7. The number of nitrogens with zero attached hydrogens (tertiary/aromatic N) is 5. The van der Waals surface area contributed by atoms with Crippen LogP contribution in [-0.2, 0) is 6.54 Å². The number of rotatable bonds is 4. The van der Waals surface area contributed by atoms with Crippen molar-refractivity contribution in [3.8, 4) is 0 Å². The molecule has 0 unspecified atom stereocenters. The van der Waals surface area contributed by atoms with E-state index >= 15 is 0 Å². The van der Waals surface area contributed by atoms with Gasteiger partial charge in [0.2, 0.25) is 0 Å². The van der Waals surface area contributed by atoms with Gasteiger partial charge in [0.05, 0.1) is 6.21 Å². The summed E-state index contributed by atoms with van der Waals surface area (Å²) in [6.45, 7) is 0.808. The average Bonchev–Trinajstić information content (AvgIpc) is 3.35. The summed E-state index contributed by atoms with van der Waals surface area (Å²) in [4.78, 5) is 0. The summed E-state index contributed by atoms with van der Waals surface area (Å²) in [5.41, 5.74) is 3.56. The van der Waals surface area contributed by atoms with Gasteiger partial charge >= 0.3 is 0 Å². The fraction of sp³-hybridized carbons (Fsp3) is 0.0455. The summed E-state index contributed by atoms with van der Waals surface area (Å²) >= 11 is 0. The molecule has 2 heterocycles. The Labute approximate surface area is 156 Å². The van der Waals surface area contributed by atoms with Crippen molar-refractivity contribution in [2.75, 3.05) is 0 Å². The second kappa shape index (κ2) is 6.53. The maximum absolute atomic E-state index is 4.41. The van der Waals surface area contributed by atoms with Gasteiger partial charge in [-0.25, -0.2) is 4.68 Å². The Morgan fingerprint density at radius 2 is 1.56 bits per heavy atom. The molecular formula is C22H17N5.